The molecule has 0 bridgehead atoms. The van der Waals surface area contributed by atoms with Gasteiger partial charge in [-0.3, -0.25) is 0 Å². The molecule has 0 aliphatic heterocycles. The van der Waals surface area contributed by atoms with Crippen molar-refractivity contribution in [3.05, 3.63) is 29.6 Å². The fourth-order valence-corrected chi connectivity index (χ4v) is 1.41. The van der Waals surface area contributed by atoms with Gasteiger partial charge in [0.25, 0.3) is 0 Å². The normalized spacial score (nSPS) is 17.8. The molecule has 1 rings (SSSR count). The summed E-state index contributed by atoms with van der Waals surface area (Å²) in [7, 11) is 3.00. The van der Waals surface area contributed by atoms with E-state index >= 15 is 0 Å². The van der Waals surface area contributed by atoms with Crippen LogP contribution in [-0.2, 0) is 21.7 Å². The number of aliphatic hydroxyl groups excluding tert-OH is 3. The van der Waals surface area contributed by atoms with Crippen LogP contribution >= 0.6 is 0 Å². The van der Waals surface area contributed by atoms with E-state index in [4.69, 9.17) is 15.3 Å². The van der Waals surface area contributed by atoms with Crippen LogP contribution in [0.3, 0.4) is 0 Å². The van der Waals surface area contributed by atoms with Crippen molar-refractivity contribution in [2.75, 3.05) is 21.3 Å². The Morgan fingerprint density at radius 2 is 0.471 bits per heavy atom. The van der Waals surface area contributed by atoms with E-state index in [1.165, 1.54) is 29.6 Å². The molecule has 1 aliphatic carbocycles. The van der Waals surface area contributed by atoms with E-state index in [2.05, 4.69) is 34.6 Å². The van der Waals surface area contributed by atoms with Crippen molar-refractivity contribution in [1.29, 1.82) is 0 Å². The van der Waals surface area contributed by atoms with Gasteiger partial charge in [0, 0.05) is 21.3 Å². The topological polar surface area (TPSA) is 60.7 Å². The maximum Gasteiger partial charge on any atom is 4.00 e. The van der Waals surface area contributed by atoms with E-state index in [1.54, 1.807) is 0 Å². The summed E-state index contributed by atoms with van der Waals surface area (Å²) in [4.78, 5) is 0. The molecule has 3 nitrogen and oxygen atoms in total. The second kappa shape index (κ2) is 16.6. The SMILES string of the molecule is CO.CO.CO.C[C]1[C](C)[C](C)[C](C)[C]1C.[Ti+4]. The third-order valence-corrected chi connectivity index (χ3v) is 2.81. The summed E-state index contributed by atoms with van der Waals surface area (Å²) < 4.78 is 0. The van der Waals surface area contributed by atoms with E-state index < -0.39 is 0 Å². The monoisotopic (exact) mass is 279 g/mol. The Labute approximate surface area is 123 Å². The molecule has 0 heterocycles. The molecule has 97 valence electrons. The minimum atomic E-state index is 0. The average Bonchev–Trinajstić information content (AvgIpc) is 2.55. The molecule has 0 saturated heterocycles. The van der Waals surface area contributed by atoms with Crippen LogP contribution in [0.4, 0.5) is 0 Å². The van der Waals surface area contributed by atoms with Crippen molar-refractivity contribution in [3.63, 3.8) is 0 Å². The van der Waals surface area contributed by atoms with Crippen molar-refractivity contribution < 1.29 is 37.0 Å². The van der Waals surface area contributed by atoms with Gasteiger partial charge in [-0.05, 0) is 29.6 Å². The zero-order valence-corrected chi connectivity index (χ0v) is 13.9. The smallest absolute Gasteiger partial charge is 0.400 e. The number of hydrogen-bond donors (Lipinski definition) is 3. The summed E-state index contributed by atoms with van der Waals surface area (Å²) in [6.07, 6.45) is 0. The Bertz CT molecular complexity index is 89.0. The van der Waals surface area contributed by atoms with Gasteiger partial charge >= 0.3 is 21.7 Å². The van der Waals surface area contributed by atoms with E-state index in [0.717, 1.165) is 21.3 Å². The Morgan fingerprint density at radius 1 is 0.412 bits per heavy atom. The van der Waals surface area contributed by atoms with Gasteiger partial charge in [0.15, 0.2) is 0 Å². The van der Waals surface area contributed by atoms with Crippen molar-refractivity contribution in [3.8, 4) is 0 Å². The molecule has 0 aromatic carbocycles. The van der Waals surface area contributed by atoms with Gasteiger partial charge < -0.3 is 15.3 Å². The Balaban J connectivity index is -0.000000106. The molecule has 0 unspecified atom stereocenters. The largest absolute Gasteiger partial charge is 4.00 e. The maximum atomic E-state index is 7.00. The van der Waals surface area contributed by atoms with Gasteiger partial charge in [-0.15, -0.1) is 0 Å². The first-order valence-electron chi connectivity index (χ1n) is 5.09. The molecule has 1 fully saturated rings. The third kappa shape index (κ3) is 8.33. The van der Waals surface area contributed by atoms with Gasteiger partial charge in [0.2, 0.25) is 0 Å². The molecule has 0 aromatic rings. The van der Waals surface area contributed by atoms with Crippen molar-refractivity contribution in [2.24, 2.45) is 0 Å². The van der Waals surface area contributed by atoms with Crippen LogP contribution in [0.15, 0.2) is 0 Å². The van der Waals surface area contributed by atoms with Crippen LogP contribution in [0.25, 0.3) is 0 Å². The fraction of sp³-hybridized carbons (Fsp3) is 0.615. The van der Waals surface area contributed by atoms with Crippen LogP contribution in [-0.4, -0.2) is 36.6 Å². The molecule has 1 saturated carbocycles. The summed E-state index contributed by atoms with van der Waals surface area (Å²) in [5.74, 6) is 7.34. The predicted octanol–water partition coefficient (Wildman–Crippen LogP) is 1.79. The summed E-state index contributed by atoms with van der Waals surface area (Å²) >= 11 is 0. The van der Waals surface area contributed by atoms with E-state index in [1.807, 2.05) is 0 Å². The zero-order chi connectivity index (χ0) is 13.9. The third-order valence-electron chi connectivity index (χ3n) is 2.81. The first kappa shape index (κ1) is 26.2. The van der Waals surface area contributed by atoms with Crippen LogP contribution in [0, 0.1) is 29.6 Å². The molecule has 17 heavy (non-hydrogen) atoms. The molecule has 4 heteroatoms. The van der Waals surface area contributed by atoms with Gasteiger partial charge in [-0.2, -0.15) is 0 Å². The predicted molar refractivity (Wildman–Crippen MR) is 69.0 cm³/mol. The Kier molecular flexibility index (Phi) is 25.6. The minimum Gasteiger partial charge on any atom is -0.400 e. The molecular formula is C13H27O3Ti+4. The Morgan fingerprint density at radius 3 is 0.529 bits per heavy atom. The second-order valence-electron chi connectivity index (χ2n) is 3.12. The number of aliphatic hydroxyl groups is 3. The van der Waals surface area contributed by atoms with E-state index in [0.29, 0.717) is 0 Å². The average molecular weight is 279 g/mol. The molecule has 0 spiro atoms. The van der Waals surface area contributed by atoms with Crippen LogP contribution in [0.1, 0.15) is 34.6 Å². The summed E-state index contributed by atoms with van der Waals surface area (Å²) in [5, 5.41) is 21.0. The van der Waals surface area contributed by atoms with E-state index in [-0.39, 0.29) is 21.7 Å². The summed E-state index contributed by atoms with van der Waals surface area (Å²) in [6.45, 7) is 11.0. The van der Waals surface area contributed by atoms with Crippen LogP contribution < -0.4 is 0 Å². The van der Waals surface area contributed by atoms with Crippen molar-refractivity contribution in [1.82, 2.24) is 0 Å². The van der Waals surface area contributed by atoms with Crippen LogP contribution in [0.5, 0.6) is 0 Å². The van der Waals surface area contributed by atoms with Gasteiger partial charge in [-0.25, -0.2) is 0 Å². The quantitative estimate of drug-likeness (QED) is 0.592. The molecule has 0 aromatic heterocycles. The van der Waals surface area contributed by atoms with Gasteiger partial charge in [0.1, 0.15) is 0 Å². The number of hydrogen-bond acceptors (Lipinski definition) is 3. The van der Waals surface area contributed by atoms with Gasteiger partial charge in [-0.1, -0.05) is 34.6 Å². The molecular weight excluding hydrogens is 252 g/mol. The molecule has 3 N–H and O–H groups in total. The van der Waals surface area contributed by atoms with Crippen molar-refractivity contribution >= 4 is 0 Å². The van der Waals surface area contributed by atoms with Crippen LogP contribution in [0.2, 0.25) is 0 Å². The first-order chi connectivity index (χ1) is 7.55. The molecule has 0 atom stereocenters. The van der Waals surface area contributed by atoms with Gasteiger partial charge in [0.05, 0.1) is 0 Å². The zero-order valence-electron chi connectivity index (χ0n) is 12.3. The van der Waals surface area contributed by atoms with Crippen molar-refractivity contribution in [2.45, 2.75) is 34.6 Å². The first-order valence-corrected chi connectivity index (χ1v) is 5.09. The molecule has 5 radical (unpaired) electrons. The summed E-state index contributed by atoms with van der Waals surface area (Å²) in [6, 6.07) is 0. The summed E-state index contributed by atoms with van der Waals surface area (Å²) in [5.41, 5.74) is 0. The number of rotatable bonds is 0. The minimum absolute atomic E-state index is 0. The molecule has 1 aliphatic rings. The standard InChI is InChI=1S/C10H15.3CH4O.Ti/c1-6-7(2)9(4)10(5)8(6)3;3*1-2;/h1-5H3;3*2H,1H3;/q;;;;+4. The fourth-order valence-electron chi connectivity index (χ4n) is 1.41. The second-order valence-corrected chi connectivity index (χ2v) is 3.12. The van der Waals surface area contributed by atoms with E-state index in [9.17, 15) is 0 Å². The Hall–Kier alpha value is 0.594. The molecule has 0 amide bonds. The maximum absolute atomic E-state index is 7.00.